The smallest absolute Gasteiger partial charge is 0.119 e. The average molecular weight is 193 g/mol. The molecule has 1 aromatic carbocycles. The van der Waals surface area contributed by atoms with Gasteiger partial charge in [-0.05, 0) is 50.5 Å². The van der Waals surface area contributed by atoms with E-state index >= 15 is 0 Å². The Hall–Kier alpha value is -1.02. The van der Waals surface area contributed by atoms with Crippen molar-refractivity contribution < 1.29 is 4.74 Å². The van der Waals surface area contributed by atoms with Gasteiger partial charge in [0.1, 0.15) is 5.75 Å². The van der Waals surface area contributed by atoms with E-state index in [9.17, 15) is 0 Å². The topological polar surface area (TPSA) is 35.2 Å². The van der Waals surface area contributed by atoms with Crippen molar-refractivity contribution in [2.75, 3.05) is 6.61 Å². The highest BCUT2D eigenvalue weighted by Gasteiger charge is 2.02. The number of rotatable bonds is 4. The molecule has 0 spiro atoms. The van der Waals surface area contributed by atoms with Crippen molar-refractivity contribution in [1.29, 1.82) is 0 Å². The molecule has 0 aliphatic rings. The van der Waals surface area contributed by atoms with Crippen LogP contribution in [0.2, 0.25) is 0 Å². The SMILES string of the molecule is CCOc1ccc(C[C@H](C)N)c(C)c1. The Labute approximate surface area is 86.1 Å². The van der Waals surface area contributed by atoms with Crippen LogP contribution in [-0.2, 0) is 6.42 Å². The fourth-order valence-electron chi connectivity index (χ4n) is 1.50. The molecule has 0 radical (unpaired) electrons. The fourth-order valence-corrected chi connectivity index (χ4v) is 1.50. The summed E-state index contributed by atoms with van der Waals surface area (Å²) in [5.41, 5.74) is 8.33. The van der Waals surface area contributed by atoms with E-state index in [0.29, 0.717) is 6.61 Å². The molecule has 0 amide bonds. The fraction of sp³-hybridized carbons (Fsp3) is 0.500. The van der Waals surface area contributed by atoms with Crippen LogP contribution in [0.3, 0.4) is 0 Å². The Bertz CT molecular complexity index is 294. The predicted molar refractivity (Wildman–Crippen MR) is 59.7 cm³/mol. The Morgan fingerprint density at radius 1 is 1.43 bits per heavy atom. The van der Waals surface area contributed by atoms with Gasteiger partial charge in [-0.25, -0.2) is 0 Å². The van der Waals surface area contributed by atoms with Gasteiger partial charge in [0.25, 0.3) is 0 Å². The second-order valence-corrected chi connectivity index (χ2v) is 3.70. The lowest BCUT2D eigenvalue weighted by atomic mass is 10.0. The van der Waals surface area contributed by atoms with Gasteiger partial charge < -0.3 is 10.5 Å². The van der Waals surface area contributed by atoms with Gasteiger partial charge in [0.2, 0.25) is 0 Å². The molecule has 2 heteroatoms. The van der Waals surface area contributed by atoms with Crippen LogP contribution in [0, 0.1) is 6.92 Å². The largest absolute Gasteiger partial charge is 0.494 e. The van der Waals surface area contributed by atoms with Gasteiger partial charge in [-0.1, -0.05) is 6.07 Å². The van der Waals surface area contributed by atoms with E-state index in [-0.39, 0.29) is 6.04 Å². The highest BCUT2D eigenvalue weighted by Crippen LogP contribution is 2.18. The maximum absolute atomic E-state index is 5.76. The van der Waals surface area contributed by atoms with Crippen LogP contribution in [0.15, 0.2) is 18.2 Å². The summed E-state index contributed by atoms with van der Waals surface area (Å²) < 4.78 is 5.42. The highest BCUT2D eigenvalue weighted by atomic mass is 16.5. The third-order valence-corrected chi connectivity index (χ3v) is 2.17. The Morgan fingerprint density at radius 2 is 2.14 bits per heavy atom. The molecule has 2 nitrogen and oxygen atoms in total. The lowest BCUT2D eigenvalue weighted by Gasteiger charge is -2.10. The van der Waals surface area contributed by atoms with Crippen molar-refractivity contribution in [3.05, 3.63) is 29.3 Å². The van der Waals surface area contributed by atoms with Crippen LogP contribution >= 0.6 is 0 Å². The number of ether oxygens (including phenoxy) is 1. The molecule has 0 aliphatic heterocycles. The predicted octanol–water partition coefficient (Wildman–Crippen LogP) is 2.28. The van der Waals surface area contributed by atoms with Crippen molar-refractivity contribution in [3.8, 4) is 5.75 Å². The average Bonchev–Trinajstić information content (AvgIpc) is 2.10. The van der Waals surface area contributed by atoms with Crippen LogP contribution in [0.5, 0.6) is 5.75 Å². The number of benzene rings is 1. The number of hydrogen-bond donors (Lipinski definition) is 1. The van der Waals surface area contributed by atoms with Gasteiger partial charge in [-0.2, -0.15) is 0 Å². The van der Waals surface area contributed by atoms with Gasteiger partial charge in [0.05, 0.1) is 6.61 Å². The lowest BCUT2D eigenvalue weighted by molar-refractivity contribution is 0.340. The van der Waals surface area contributed by atoms with Gasteiger partial charge >= 0.3 is 0 Å². The molecule has 0 aromatic heterocycles. The van der Waals surface area contributed by atoms with Crippen LogP contribution < -0.4 is 10.5 Å². The number of aryl methyl sites for hydroxylation is 1. The van der Waals surface area contributed by atoms with Crippen LogP contribution in [0.1, 0.15) is 25.0 Å². The van der Waals surface area contributed by atoms with Crippen LogP contribution in [0.25, 0.3) is 0 Å². The zero-order chi connectivity index (χ0) is 10.6. The van der Waals surface area contributed by atoms with Gasteiger partial charge in [-0.3, -0.25) is 0 Å². The summed E-state index contributed by atoms with van der Waals surface area (Å²) in [6, 6.07) is 6.39. The third-order valence-electron chi connectivity index (χ3n) is 2.17. The minimum absolute atomic E-state index is 0.214. The summed E-state index contributed by atoms with van der Waals surface area (Å²) in [4.78, 5) is 0. The van der Waals surface area contributed by atoms with Crippen molar-refractivity contribution in [1.82, 2.24) is 0 Å². The van der Waals surface area contributed by atoms with E-state index < -0.39 is 0 Å². The summed E-state index contributed by atoms with van der Waals surface area (Å²) in [7, 11) is 0. The lowest BCUT2D eigenvalue weighted by Crippen LogP contribution is -2.18. The van der Waals surface area contributed by atoms with Crippen molar-refractivity contribution in [2.45, 2.75) is 33.2 Å². The second kappa shape index (κ2) is 5.01. The standard InChI is InChI=1S/C12H19NO/c1-4-14-12-6-5-11(8-10(3)13)9(2)7-12/h5-7,10H,4,8,13H2,1-3H3/t10-/m0/s1. The summed E-state index contributed by atoms with van der Waals surface area (Å²) in [5, 5.41) is 0. The van der Waals surface area contributed by atoms with E-state index in [2.05, 4.69) is 19.1 Å². The van der Waals surface area contributed by atoms with E-state index in [0.717, 1.165) is 12.2 Å². The van der Waals surface area contributed by atoms with E-state index in [4.69, 9.17) is 10.5 Å². The molecule has 0 saturated carbocycles. The molecule has 1 atom stereocenters. The molecule has 0 bridgehead atoms. The van der Waals surface area contributed by atoms with Crippen LogP contribution in [-0.4, -0.2) is 12.6 Å². The second-order valence-electron chi connectivity index (χ2n) is 3.70. The molecule has 2 N–H and O–H groups in total. The van der Waals surface area contributed by atoms with E-state index in [1.807, 2.05) is 19.9 Å². The third kappa shape index (κ3) is 3.04. The van der Waals surface area contributed by atoms with E-state index in [1.54, 1.807) is 0 Å². The summed E-state index contributed by atoms with van der Waals surface area (Å²) in [6.07, 6.45) is 0.929. The molecule has 1 rings (SSSR count). The summed E-state index contributed by atoms with van der Waals surface area (Å²) >= 11 is 0. The maximum Gasteiger partial charge on any atom is 0.119 e. The van der Waals surface area contributed by atoms with Crippen molar-refractivity contribution in [2.24, 2.45) is 5.73 Å². The summed E-state index contributed by atoms with van der Waals surface area (Å²) in [6.45, 7) is 6.83. The first-order valence-corrected chi connectivity index (χ1v) is 5.11. The molecule has 14 heavy (non-hydrogen) atoms. The van der Waals surface area contributed by atoms with Crippen molar-refractivity contribution >= 4 is 0 Å². The van der Waals surface area contributed by atoms with Gasteiger partial charge in [0, 0.05) is 6.04 Å². The molecule has 0 aliphatic carbocycles. The maximum atomic E-state index is 5.76. The van der Waals surface area contributed by atoms with Crippen LogP contribution in [0.4, 0.5) is 0 Å². The molecule has 0 saturated heterocycles. The molecule has 0 heterocycles. The number of nitrogens with two attached hydrogens (primary N) is 1. The first-order valence-electron chi connectivity index (χ1n) is 5.11. The molecule has 78 valence electrons. The molecule has 0 fully saturated rings. The monoisotopic (exact) mass is 193 g/mol. The van der Waals surface area contributed by atoms with E-state index in [1.165, 1.54) is 11.1 Å². The van der Waals surface area contributed by atoms with Crippen molar-refractivity contribution in [3.63, 3.8) is 0 Å². The first kappa shape index (κ1) is 11.1. The molecular formula is C12H19NO. The highest BCUT2D eigenvalue weighted by molar-refractivity contribution is 5.35. The van der Waals surface area contributed by atoms with Gasteiger partial charge in [0.15, 0.2) is 0 Å². The molecule has 0 unspecified atom stereocenters. The number of hydrogen-bond acceptors (Lipinski definition) is 2. The minimum atomic E-state index is 0.214. The Kier molecular flexibility index (Phi) is 3.96. The molecule has 1 aromatic rings. The first-order chi connectivity index (χ1) is 6.63. The quantitative estimate of drug-likeness (QED) is 0.796. The normalized spacial score (nSPS) is 12.6. The molecular weight excluding hydrogens is 174 g/mol. The minimum Gasteiger partial charge on any atom is -0.494 e. The summed E-state index contributed by atoms with van der Waals surface area (Å²) in [5.74, 6) is 0.943. The zero-order valence-electron chi connectivity index (χ0n) is 9.21. The zero-order valence-corrected chi connectivity index (χ0v) is 9.21. The Morgan fingerprint density at radius 3 is 2.64 bits per heavy atom. The Balaban J connectivity index is 2.79. The van der Waals surface area contributed by atoms with Gasteiger partial charge in [-0.15, -0.1) is 0 Å².